The Morgan fingerprint density at radius 1 is 1.35 bits per heavy atom. The number of nitrogens with two attached hydrogens (primary N) is 1. The van der Waals surface area contributed by atoms with E-state index in [1.165, 1.54) is 19.3 Å². The predicted molar refractivity (Wildman–Crippen MR) is 83.8 cm³/mol. The second kappa shape index (κ2) is 4.81. The second-order valence-corrected chi connectivity index (χ2v) is 6.72. The van der Waals surface area contributed by atoms with Crippen LogP contribution in [-0.2, 0) is 0 Å². The highest BCUT2D eigenvalue weighted by molar-refractivity contribution is 6.33. The van der Waals surface area contributed by atoms with Crippen LogP contribution in [0.2, 0.25) is 5.02 Å². The minimum Gasteiger partial charge on any atom is -0.382 e. The summed E-state index contributed by atoms with van der Waals surface area (Å²) in [6, 6.07) is 7.82. The molecule has 1 atom stereocenters. The van der Waals surface area contributed by atoms with Gasteiger partial charge in [-0.2, -0.15) is 5.10 Å². The van der Waals surface area contributed by atoms with Gasteiger partial charge >= 0.3 is 0 Å². The molecule has 0 aliphatic heterocycles. The standard InChI is InChI=1S/C16H20ClN3/c1-16(2)9-5-7-11(16)14-13(15(18)20-19-14)10-6-3-4-8-12(10)17/h3-4,6,8,11H,5,7,9H2,1-2H3,(H3,18,19,20). The van der Waals surface area contributed by atoms with Crippen molar-refractivity contribution >= 4 is 17.4 Å². The van der Waals surface area contributed by atoms with Crippen LogP contribution in [0.3, 0.4) is 0 Å². The Morgan fingerprint density at radius 2 is 2.10 bits per heavy atom. The van der Waals surface area contributed by atoms with E-state index in [-0.39, 0.29) is 5.41 Å². The Balaban J connectivity index is 2.14. The lowest BCUT2D eigenvalue weighted by molar-refractivity contribution is 0.328. The van der Waals surface area contributed by atoms with Crippen molar-refractivity contribution < 1.29 is 0 Å². The highest BCUT2D eigenvalue weighted by Gasteiger charge is 2.38. The summed E-state index contributed by atoms with van der Waals surface area (Å²) in [4.78, 5) is 0. The number of nitrogens with zero attached hydrogens (tertiary/aromatic N) is 1. The number of nitrogen functional groups attached to an aromatic ring is 1. The Hall–Kier alpha value is -1.48. The van der Waals surface area contributed by atoms with Gasteiger partial charge in [0.2, 0.25) is 0 Å². The summed E-state index contributed by atoms with van der Waals surface area (Å²) in [6.07, 6.45) is 3.66. The normalized spacial score (nSPS) is 21.2. The molecule has 1 fully saturated rings. The molecule has 1 aliphatic carbocycles. The van der Waals surface area contributed by atoms with E-state index >= 15 is 0 Å². The van der Waals surface area contributed by atoms with Crippen LogP contribution in [0.4, 0.5) is 5.82 Å². The molecule has 1 aromatic carbocycles. The molecule has 0 spiro atoms. The molecule has 3 rings (SSSR count). The van der Waals surface area contributed by atoms with Crippen molar-refractivity contribution in [2.45, 2.75) is 39.0 Å². The van der Waals surface area contributed by atoms with E-state index in [0.717, 1.165) is 21.8 Å². The third kappa shape index (κ3) is 2.10. The third-order valence-electron chi connectivity index (χ3n) is 4.57. The molecule has 0 saturated heterocycles. The molecule has 4 heteroatoms. The zero-order valence-corrected chi connectivity index (χ0v) is 12.7. The first-order valence-corrected chi connectivity index (χ1v) is 7.47. The van der Waals surface area contributed by atoms with Crippen molar-refractivity contribution in [3.05, 3.63) is 35.0 Å². The number of anilines is 1. The van der Waals surface area contributed by atoms with E-state index in [4.69, 9.17) is 17.3 Å². The summed E-state index contributed by atoms with van der Waals surface area (Å²) in [5.41, 5.74) is 9.46. The summed E-state index contributed by atoms with van der Waals surface area (Å²) in [7, 11) is 0. The maximum absolute atomic E-state index is 6.34. The Kier molecular flexibility index (Phi) is 3.25. The average Bonchev–Trinajstić information content (AvgIpc) is 2.93. The van der Waals surface area contributed by atoms with Gasteiger partial charge in [0, 0.05) is 27.8 Å². The maximum atomic E-state index is 6.34. The van der Waals surface area contributed by atoms with Crippen LogP contribution in [0, 0.1) is 5.41 Å². The van der Waals surface area contributed by atoms with Crippen molar-refractivity contribution in [3.8, 4) is 11.1 Å². The zero-order chi connectivity index (χ0) is 14.3. The molecule has 3 nitrogen and oxygen atoms in total. The molecule has 2 aromatic rings. The molecule has 1 aromatic heterocycles. The summed E-state index contributed by atoms with van der Waals surface area (Å²) in [5, 5.41) is 8.12. The van der Waals surface area contributed by atoms with Crippen molar-refractivity contribution in [3.63, 3.8) is 0 Å². The zero-order valence-electron chi connectivity index (χ0n) is 11.9. The van der Waals surface area contributed by atoms with Crippen LogP contribution in [0.5, 0.6) is 0 Å². The van der Waals surface area contributed by atoms with Crippen molar-refractivity contribution in [1.29, 1.82) is 0 Å². The third-order valence-corrected chi connectivity index (χ3v) is 4.90. The SMILES string of the molecule is CC1(C)CCCC1c1[nH]nc(N)c1-c1ccccc1Cl. The van der Waals surface area contributed by atoms with Crippen LogP contribution in [-0.4, -0.2) is 10.2 Å². The Labute approximate surface area is 124 Å². The molecule has 0 bridgehead atoms. The summed E-state index contributed by atoms with van der Waals surface area (Å²) in [6.45, 7) is 4.64. The van der Waals surface area contributed by atoms with E-state index < -0.39 is 0 Å². The van der Waals surface area contributed by atoms with E-state index in [9.17, 15) is 0 Å². The van der Waals surface area contributed by atoms with Crippen molar-refractivity contribution in [1.82, 2.24) is 10.2 Å². The largest absolute Gasteiger partial charge is 0.382 e. The highest BCUT2D eigenvalue weighted by atomic mass is 35.5. The molecule has 0 amide bonds. The van der Waals surface area contributed by atoms with Crippen LogP contribution < -0.4 is 5.73 Å². The van der Waals surface area contributed by atoms with E-state index in [1.807, 2.05) is 24.3 Å². The lowest BCUT2D eigenvalue weighted by Gasteiger charge is -2.27. The minimum atomic E-state index is 0.273. The number of aromatic amines is 1. The lowest BCUT2D eigenvalue weighted by atomic mass is 9.78. The molecule has 106 valence electrons. The Bertz CT molecular complexity index is 630. The van der Waals surface area contributed by atoms with Gasteiger partial charge in [-0.15, -0.1) is 0 Å². The first kappa shape index (κ1) is 13.5. The molecular weight excluding hydrogens is 270 g/mol. The van der Waals surface area contributed by atoms with Gasteiger partial charge in [0.1, 0.15) is 0 Å². The summed E-state index contributed by atoms with van der Waals surface area (Å²) >= 11 is 6.34. The minimum absolute atomic E-state index is 0.273. The number of rotatable bonds is 2. The van der Waals surface area contributed by atoms with Crippen LogP contribution in [0.15, 0.2) is 24.3 Å². The molecule has 0 radical (unpaired) electrons. The van der Waals surface area contributed by atoms with E-state index in [2.05, 4.69) is 24.0 Å². The molecule has 1 saturated carbocycles. The summed E-state index contributed by atoms with van der Waals surface area (Å²) < 4.78 is 0. The Morgan fingerprint density at radius 3 is 2.75 bits per heavy atom. The molecule has 3 N–H and O–H groups in total. The molecule has 20 heavy (non-hydrogen) atoms. The van der Waals surface area contributed by atoms with Gasteiger partial charge in [0.15, 0.2) is 5.82 Å². The van der Waals surface area contributed by atoms with Gasteiger partial charge in [-0.05, 0) is 24.3 Å². The average molecular weight is 290 g/mol. The van der Waals surface area contributed by atoms with Crippen LogP contribution in [0.25, 0.3) is 11.1 Å². The van der Waals surface area contributed by atoms with Crippen LogP contribution in [0.1, 0.15) is 44.7 Å². The van der Waals surface area contributed by atoms with Crippen molar-refractivity contribution in [2.24, 2.45) is 5.41 Å². The van der Waals surface area contributed by atoms with Gasteiger partial charge in [-0.1, -0.05) is 50.1 Å². The number of benzene rings is 1. The van der Waals surface area contributed by atoms with Crippen LogP contribution >= 0.6 is 11.6 Å². The van der Waals surface area contributed by atoms with Gasteiger partial charge < -0.3 is 5.73 Å². The first-order chi connectivity index (χ1) is 9.50. The quantitative estimate of drug-likeness (QED) is 0.848. The van der Waals surface area contributed by atoms with E-state index in [0.29, 0.717) is 11.7 Å². The monoisotopic (exact) mass is 289 g/mol. The number of H-pyrrole nitrogens is 1. The fourth-order valence-electron chi connectivity index (χ4n) is 3.43. The molecule has 1 heterocycles. The number of aromatic nitrogens is 2. The number of nitrogens with one attached hydrogen (secondary N) is 1. The fraction of sp³-hybridized carbons (Fsp3) is 0.438. The first-order valence-electron chi connectivity index (χ1n) is 7.09. The number of hydrogen-bond donors (Lipinski definition) is 2. The topological polar surface area (TPSA) is 54.7 Å². The fourth-order valence-corrected chi connectivity index (χ4v) is 3.66. The number of halogens is 1. The van der Waals surface area contributed by atoms with Gasteiger partial charge in [0.25, 0.3) is 0 Å². The molecular formula is C16H20ClN3. The maximum Gasteiger partial charge on any atom is 0.153 e. The summed E-state index contributed by atoms with van der Waals surface area (Å²) in [5.74, 6) is 0.995. The van der Waals surface area contributed by atoms with Gasteiger partial charge in [-0.25, -0.2) is 0 Å². The van der Waals surface area contributed by atoms with Gasteiger partial charge in [0.05, 0.1) is 0 Å². The predicted octanol–water partition coefficient (Wildman–Crippen LogP) is 4.61. The molecule has 1 aliphatic rings. The second-order valence-electron chi connectivity index (χ2n) is 6.31. The molecule has 1 unspecified atom stereocenters. The number of hydrogen-bond acceptors (Lipinski definition) is 2. The van der Waals surface area contributed by atoms with Gasteiger partial charge in [-0.3, -0.25) is 5.10 Å². The highest BCUT2D eigenvalue weighted by Crippen LogP contribution is 2.51. The smallest absolute Gasteiger partial charge is 0.153 e. The van der Waals surface area contributed by atoms with Crippen molar-refractivity contribution in [2.75, 3.05) is 5.73 Å². The lowest BCUT2D eigenvalue weighted by Crippen LogP contribution is -2.16. The van der Waals surface area contributed by atoms with E-state index in [1.54, 1.807) is 0 Å².